The van der Waals surface area contributed by atoms with E-state index in [1.807, 2.05) is 0 Å². The fourth-order valence-corrected chi connectivity index (χ4v) is 2.13. The zero-order chi connectivity index (χ0) is 22.2. The first-order chi connectivity index (χ1) is 12.4. The maximum absolute atomic E-state index is 13.7. The number of benzene rings is 1. The smallest absolute Gasteiger partial charge is 0.460 e. The molecule has 1 aromatic carbocycles. The normalized spacial score (nSPS) is 15.5. The van der Waals surface area contributed by atoms with Crippen LogP contribution in [0.25, 0.3) is 0 Å². The third kappa shape index (κ3) is 3.98. The second-order valence-corrected chi connectivity index (χ2v) is 5.62. The van der Waals surface area contributed by atoms with Gasteiger partial charge in [0.15, 0.2) is 0 Å². The second kappa shape index (κ2) is 7.56. The van der Waals surface area contributed by atoms with E-state index in [2.05, 4.69) is 0 Å². The number of alkyl halides is 11. The van der Waals surface area contributed by atoms with Crippen molar-refractivity contribution in [3.63, 3.8) is 0 Å². The van der Waals surface area contributed by atoms with Crippen LogP contribution in [-0.2, 0) is 0 Å². The van der Waals surface area contributed by atoms with Crippen molar-refractivity contribution in [1.82, 2.24) is 0 Å². The lowest BCUT2D eigenvalue weighted by Crippen LogP contribution is -2.66. The molecule has 0 aliphatic heterocycles. The van der Waals surface area contributed by atoms with Gasteiger partial charge in [-0.2, -0.15) is 48.3 Å². The quantitative estimate of drug-likeness (QED) is 0.539. The van der Waals surface area contributed by atoms with Crippen LogP contribution in [0.5, 0.6) is 5.75 Å². The first-order valence-electron chi connectivity index (χ1n) is 7.41. The van der Waals surface area contributed by atoms with Gasteiger partial charge in [-0.15, -0.1) is 0 Å². The molecule has 28 heavy (non-hydrogen) atoms. The molecule has 0 saturated carbocycles. The number of hydrogen-bond donors (Lipinski definition) is 1. The van der Waals surface area contributed by atoms with Crippen LogP contribution in [-0.4, -0.2) is 41.6 Å². The third-order valence-electron chi connectivity index (χ3n) is 3.63. The van der Waals surface area contributed by atoms with Gasteiger partial charge in [0.1, 0.15) is 5.75 Å². The van der Waals surface area contributed by atoms with E-state index in [0.29, 0.717) is 0 Å². The van der Waals surface area contributed by atoms with Gasteiger partial charge in [0.05, 0.1) is 12.7 Å². The van der Waals surface area contributed by atoms with Crippen molar-refractivity contribution in [1.29, 1.82) is 0 Å². The number of halogens is 11. The highest BCUT2D eigenvalue weighted by Gasteiger charge is 2.87. The zero-order valence-electron chi connectivity index (χ0n) is 13.8. The summed E-state index contributed by atoms with van der Waals surface area (Å²) in [6.45, 7) is 1.35. The molecule has 162 valence electrons. The van der Waals surface area contributed by atoms with Crippen molar-refractivity contribution in [3.8, 4) is 5.75 Å². The van der Waals surface area contributed by atoms with Crippen LogP contribution in [0.1, 0.15) is 25.0 Å². The third-order valence-corrected chi connectivity index (χ3v) is 3.63. The van der Waals surface area contributed by atoms with Gasteiger partial charge in [-0.1, -0.05) is 18.2 Å². The van der Waals surface area contributed by atoms with Crippen molar-refractivity contribution < 1.29 is 58.1 Å². The summed E-state index contributed by atoms with van der Waals surface area (Å²) in [4.78, 5) is 0. The molecule has 0 aliphatic rings. The Hall–Kier alpha value is -1.79. The van der Waals surface area contributed by atoms with E-state index in [1.165, 1.54) is 13.0 Å². The Balaban J connectivity index is 3.27. The van der Waals surface area contributed by atoms with Crippen LogP contribution in [0, 0.1) is 0 Å². The topological polar surface area (TPSA) is 29.5 Å². The van der Waals surface area contributed by atoms with Crippen LogP contribution in [0.4, 0.5) is 48.3 Å². The van der Waals surface area contributed by atoms with Gasteiger partial charge >= 0.3 is 29.9 Å². The van der Waals surface area contributed by atoms with E-state index in [0.717, 1.165) is 18.2 Å². The van der Waals surface area contributed by atoms with Gasteiger partial charge in [0.25, 0.3) is 0 Å². The van der Waals surface area contributed by atoms with Gasteiger partial charge in [-0.25, -0.2) is 0 Å². The highest BCUT2D eigenvalue weighted by molar-refractivity contribution is 5.35. The predicted octanol–water partition coefficient (Wildman–Crippen LogP) is 5.61. The van der Waals surface area contributed by atoms with Crippen LogP contribution in [0.2, 0.25) is 0 Å². The molecule has 0 fully saturated rings. The van der Waals surface area contributed by atoms with E-state index in [9.17, 15) is 53.4 Å². The summed E-state index contributed by atoms with van der Waals surface area (Å²) in [5.41, 5.74) is -0.578. The van der Waals surface area contributed by atoms with Crippen molar-refractivity contribution in [2.75, 3.05) is 6.61 Å². The predicted molar refractivity (Wildman–Crippen MR) is 73.0 cm³/mol. The number of hydrogen-bond acceptors (Lipinski definition) is 2. The van der Waals surface area contributed by atoms with Crippen LogP contribution in [0.3, 0.4) is 0 Å². The molecular weight excluding hydrogens is 421 g/mol. The summed E-state index contributed by atoms with van der Waals surface area (Å²) in [6.07, 6.45) is -12.4. The minimum Gasteiger partial charge on any atom is -0.493 e. The van der Waals surface area contributed by atoms with E-state index >= 15 is 0 Å². The molecule has 1 N–H and O–H groups in total. The highest BCUT2D eigenvalue weighted by Crippen LogP contribution is 2.58. The zero-order valence-corrected chi connectivity index (χ0v) is 13.8. The summed E-state index contributed by atoms with van der Waals surface area (Å²) in [6, 6.07) is 4.41. The van der Waals surface area contributed by atoms with Gasteiger partial charge in [-0.3, -0.25) is 0 Å². The SMILES string of the molecule is CCOc1ccccc1C(O)CC(F)(F)C(F)(F)C(F)(F)C(F)(F)C(F)(F)F. The molecule has 0 saturated heterocycles. The minimum absolute atomic E-state index is 0.0772. The maximum Gasteiger partial charge on any atom is 0.460 e. The van der Waals surface area contributed by atoms with E-state index in [-0.39, 0.29) is 12.4 Å². The standard InChI is InChI=1S/C15H13F11O2/c1-2-28-10-6-4-3-5-8(10)9(27)7-11(16,17)12(18,19)13(20,21)14(22,23)15(24,25)26/h3-6,9,27H,2,7H2,1H3. The van der Waals surface area contributed by atoms with Gasteiger partial charge in [0.2, 0.25) is 0 Å². The Labute approximate surface area is 150 Å². The average Bonchev–Trinajstić information content (AvgIpc) is 2.53. The molecule has 1 atom stereocenters. The number of ether oxygens (including phenoxy) is 1. The Bertz CT molecular complexity index is 670. The fraction of sp³-hybridized carbons (Fsp3) is 0.600. The second-order valence-electron chi connectivity index (χ2n) is 5.62. The molecule has 0 amide bonds. The van der Waals surface area contributed by atoms with E-state index in [4.69, 9.17) is 4.74 Å². The van der Waals surface area contributed by atoms with Crippen LogP contribution in [0.15, 0.2) is 24.3 Å². The average molecular weight is 434 g/mol. The molecule has 1 aromatic rings. The Morgan fingerprint density at radius 1 is 0.821 bits per heavy atom. The largest absolute Gasteiger partial charge is 0.493 e. The first kappa shape index (κ1) is 24.2. The Morgan fingerprint density at radius 2 is 1.32 bits per heavy atom. The molecular formula is C15H13F11O2. The molecule has 2 nitrogen and oxygen atoms in total. The first-order valence-corrected chi connectivity index (χ1v) is 7.41. The summed E-state index contributed by atoms with van der Waals surface area (Å²) in [5, 5.41) is 9.71. The van der Waals surface area contributed by atoms with Gasteiger partial charge < -0.3 is 9.84 Å². The van der Waals surface area contributed by atoms with Gasteiger partial charge in [0, 0.05) is 12.0 Å². The van der Waals surface area contributed by atoms with Crippen LogP contribution >= 0.6 is 0 Å². The molecule has 0 spiro atoms. The molecule has 13 heteroatoms. The van der Waals surface area contributed by atoms with Crippen molar-refractivity contribution in [2.45, 2.75) is 49.3 Å². The lowest BCUT2D eigenvalue weighted by molar-refractivity contribution is -0.423. The van der Waals surface area contributed by atoms with Gasteiger partial charge in [-0.05, 0) is 13.0 Å². The molecule has 0 heterocycles. The van der Waals surface area contributed by atoms with E-state index in [1.54, 1.807) is 0 Å². The molecule has 0 aromatic heterocycles. The number of aliphatic hydroxyl groups is 1. The summed E-state index contributed by atoms with van der Waals surface area (Å²) in [5.74, 6) is -28.6. The summed E-state index contributed by atoms with van der Waals surface area (Å²) >= 11 is 0. The summed E-state index contributed by atoms with van der Waals surface area (Å²) < 4.78 is 148. The minimum atomic E-state index is -7.50. The number of para-hydroxylation sites is 1. The molecule has 1 rings (SSSR count). The van der Waals surface area contributed by atoms with Crippen molar-refractivity contribution in [3.05, 3.63) is 29.8 Å². The molecule has 0 aliphatic carbocycles. The summed E-state index contributed by atoms with van der Waals surface area (Å²) in [7, 11) is 0. The lowest BCUT2D eigenvalue weighted by atomic mass is 9.92. The van der Waals surface area contributed by atoms with Crippen molar-refractivity contribution >= 4 is 0 Å². The maximum atomic E-state index is 13.7. The molecule has 0 radical (unpaired) electrons. The molecule has 0 bridgehead atoms. The highest BCUT2D eigenvalue weighted by atomic mass is 19.4. The van der Waals surface area contributed by atoms with Crippen LogP contribution < -0.4 is 4.74 Å². The Morgan fingerprint density at radius 3 is 1.79 bits per heavy atom. The Kier molecular flexibility index (Phi) is 6.55. The van der Waals surface area contributed by atoms with Crippen molar-refractivity contribution in [2.24, 2.45) is 0 Å². The van der Waals surface area contributed by atoms with E-state index < -0.39 is 48.0 Å². The number of aliphatic hydroxyl groups excluding tert-OH is 1. The molecule has 1 unspecified atom stereocenters. The fourth-order valence-electron chi connectivity index (χ4n) is 2.13. The number of rotatable bonds is 8. The lowest BCUT2D eigenvalue weighted by Gasteiger charge is -2.37. The monoisotopic (exact) mass is 434 g/mol.